The Morgan fingerprint density at radius 3 is 2.71 bits per heavy atom. The van der Waals surface area contributed by atoms with Crippen LogP contribution in [0, 0.1) is 0 Å². The minimum absolute atomic E-state index is 0.317. The van der Waals surface area contributed by atoms with E-state index < -0.39 is 5.69 Å². The molecule has 1 aliphatic heterocycles. The van der Waals surface area contributed by atoms with Crippen molar-refractivity contribution in [3.05, 3.63) is 20.8 Å². The summed E-state index contributed by atoms with van der Waals surface area (Å²) in [5.41, 5.74) is -0.710. The van der Waals surface area contributed by atoms with Crippen molar-refractivity contribution >= 4 is 5.82 Å². The zero-order valence-corrected chi connectivity index (χ0v) is 13.1. The first-order valence-corrected chi connectivity index (χ1v) is 7.67. The first kappa shape index (κ1) is 15.8. The molecule has 0 spiro atoms. The predicted octanol–water partition coefficient (Wildman–Crippen LogP) is -0.162. The first-order valence-electron chi connectivity index (χ1n) is 7.67. The van der Waals surface area contributed by atoms with Gasteiger partial charge in [-0.15, -0.1) is 5.10 Å². The summed E-state index contributed by atoms with van der Waals surface area (Å²) in [4.78, 5) is 26.1. The van der Waals surface area contributed by atoms with Crippen molar-refractivity contribution in [2.75, 3.05) is 24.5 Å². The number of anilines is 1. The van der Waals surface area contributed by atoms with Crippen molar-refractivity contribution in [2.45, 2.75) is 38.6 Å². The highest BCUT2D eigenvalue weighted by atomic mass is 16.2. The second-order valence-electron chi connectivity index (χ2n) is 5.69. The van der Waals surface area contributed by atoms with E-state index in [9.17, 15) is 9.59 Å². The lowest BCUT2D eigenvalue weighted by Crippen LogP contribution is -2.48. The number of hydrogen-bond acceptors (Lipinski definition) is 5. The second-order valence-corrected chi connectivity index (χ2v) is 5.69. The number of aryl methyl sites for hydroxylation is 1. The molecule has 0 saturated carbocycles. The molecule has 2 heterocycles. The summed E-state index contributed by atoms with van der Waals surface area (Å²) in [7, 11) is 3.08. The molecule has 0 amide bonds. The summed E-state index contributed by atoms with van der Waals surface area (Å²) in [6, 6.07) is 0.383. The molecule has 1 aliphatic rings. The topological polar surface area (TPSA) is 72.2 Å². The molecule has 0 aromatic carbocycles. The molecule has 2 rings (SSSR count). The zero-order chi connectivity index (χ0) is 15.4. The zero-order valence-electron chi connectivity index (χ0n) is 13.1. The van der Waals surface area contributed by atoms with Crippen LogP contribution in [0.15, 0.2) is 9.59 Å². The van der Waals surface area contributed by atoms with Crippen LogP contribution in [-0.2, 0) is 14.1 Å². The van der Waals surface area contributed by atoms with Crippen LogP contribution in [0.5, 0.6) is 0 Å². The van der Waals surface area contributed by atoms with Crippen molar-refractivity contribution < 1.29 is 0 Å². The van der Waals surface area contributed by atoms with Gasteiger partial charge in [0.05, 0.1) is 0 Å². The standard InChI is InChI=1S/C14H25N5O2/c1-4-9-19(10-11-7-5-6-8-15-11)12-13(20)17(2)14(21)18(3)16-12/h11,15H,4-10H2,1-3H3. The average Bonchev–Trinajstić information content (AvgIpc) is 2.49. The fourth-order valence-corrected chi connectivity index (χ4v) is 2.78. The van der Waals surface area contributed by atoms with E-state index in [-0.39, 0.29) is 5.56 Å². The smallest absolute Gasteiger partial charge is 0.346 e. The van der Waals surface area contributed by atoms with Gasteiger partial charge in [-0.2, -0.15) is 0 Å². The van der Waals surface area contributed by atoms with E-state index in [4.69, 9.17) is 0 Å². The Labute approximate surface area is 124 Å². The summed E-state index contributed by atoms with van der Waals surface area (Å²) in [6.45, 7) is 4.63. The Morgan fingerprint density at radius 2 is 2.10 bits per heavy atom. The van der Waals surface area contributed by atoms with E-state index >= 15 is 0 Å². The van der Waals surface area contributed by atoms with E-state index in [2.05, 4.69) is 17.3 Å². The van der Waals surface area contributed by atoms with E-state index in [0.29, 0.717) is 11.9 Å². The molecule has 0 bridgehead atoms. The van der Waals surface area contributed by atoms with Gasteiger partial charge in [-0.3, -0.25) is 9.36 Å². The lowest BCUT2D eigenvalue weighted by Gasteiger charge is -2.30. The second kappa shape index (κ2) is 6.89. The number of rotatable bonds is 5. The molecule has 0 radical (unpaired) electrons. The van der Waals surface area contributed by atoms with Crippen LogP contribution in [-0.4, -0.2) is 40.0 Å². The third-order valence-electron chi connectivity index (χ3n) is 3.95. The Hall–Kier alpha value is -1.63. The molecule has 0 aliphatic carbocycles. The Kier molecular flexibility index (Phi) is 5.17. The number of piperidine rings is 1. The van der Waals surface area contributed by atoms with Crippen molar-refractivity contribution in [2.24, 2.45) is 14.1 Å². The molecule has 7 nitrogen and oxygen atoms in total. The molecule has 118 valence electrons. The molecule has 1 unspecified atom stereocenters. The highest BCUT2D eigenvalue weighted by molar-refractivity contribution is 5.35. The van der Waals surface area contributed by atoms with Crippen molar-refractivity contribution in [1.29, 1.82) is 0 Å². The summed E-state index contributed by atoms with van der Waals surface area (Å²) in [5, 5.41) is 7.68. The molecular weight excluding hydrogens is 270 g/mol. The van der Waals surface area contributed by atoms with Gasteiger partial charge in [-0.05, 0) is 25.8 Å². The Balaban J connectivity index is 2.29. The Morgan fingerprint density at radius 1 is 1.33 bits per heavy atom. The van der Waals surface area contributed by atoms with Crippen LogP contribution in [0.1, 0.15) is 32.6 Å². The number of hydrogen-bond donors (Lipinski definition) is 1. The maximum absolute atomic E-state index is 12.3. The monoisotopic (exact) mass is 295 g/mol. The van der Waals surface area contributed by atoms with E-state index in [1.807, 2.05) is 4.90 Å². The summed E-state index contributed by atoms with van der Waals surface area (Å²) in [6.07, 6.45) is 4.48. The fourth-order valence-electron chi connectivity index (χ4n) is 2.78. The molecule has 1 fully saturated rings. The minimum Gasteiger partial charge on any atom is -0.349 e. The lowest BCUT2D eigenvalue weighted by atomic mass is 10.0. The molecule has 1 aromatic rings. The van der Waals surface area contributed by atoms with Crippen LogP contribution in [0.25, 0.3) is 0 Å². The molecule has 1 saturated heterocycles. The minimum atomic E-state index is -0.393. The van der Waals surface area contributed by atoms with Crippen LogP contribution in [0.3, 0.4) is 0 Å². The molecule has 1 aromatic heterocycles. The van der Waals surface area contributed by atoms with Gasteiger partial charge >= 0.3 is 5.69 Å². The van der Waals surface area contributed by atoms with Gasteiger partial charge in [0, 0.05) is 33.2 Å². The van der Waals surface area contributed by atoms with E-state index in [1.165, 1.54) is 24.6 Å². The third-order valence-corrected chi connectivity index (χ3v) is 3.95. The molecule has 7 heteroatoms. The summed E-state index contributed by atoms with van der Waals surface area (Å²) >= 11 is 0. The Bertz CT molecular complexity index is 586. The maximum atomic E-state index is 12.3. The summed E-state index contributed by atoms with van der Waals surface area (Å²) in [5.74, 6) is 0.369. The maximum Gasteiger partial charge on any atom is 0.346 e. The predicted molar refractivity (Wildman–Crippen MR) is 82.9 cm³/mol. The number of nitrogens with one attached hydrogen (secondary N) is 1. The van der Waals surface area contributed by atoms with E-state index in [0.717, 1.165) is 37.0 Å². The van der Waals surface area contributed by atoms with Gasteiger partial charge < -0.3 is 10.2 Å². The third kappa shape index (κ3) is 3.53. The van der Waals surface area contributed by atoms with E-state index in [1.54, 1.807) is 7.05 Å². The summed E-state index contributed by atoms with van der Waals surface area (Å²) < 4.78 is 2.35. The van der Waals surface area contributed by atoms with Gasteiger partial charge in [0.1, 0.15) is 0 Å². The van der Waals surface area contributed by atoms with Gasteiger partial charge in [-0.25, -0.2) is 9.48 Å². The van der Waals surface area contributed by atoms with Crippen LogP contribution in [0.2, 0.25) is 0 Å². The molecule has 1 atom stereocenters. The van der Waals surface area contributed by atoms with Gasteiger partial charge in [0.2, 0.25) is 5.82 Å². The molecular formula is C14H25N5O2. The quantitative estimate of drug-likeness (QED) is 0.817. The van der Waals surface area contributed by atoms with Crippen molar-refractivity contribution in [3.8, 4) is 0 Å². The van der Waals surface area contributed by atoms with Crippen LogP contribution in [0.4, 0.5) is 5.82 Å². The number of aromatic nitrogens is 3. The highest BCUT2D eigenvalue weighted by Crippen LogP contribution is 2.11. The van der Waals surface area contributed by atoms with Gasteiger partial charge in [0.25, 0.3) is 5.56 Å². The molecule has 1 N–H and O–H groups in total. The number of nitrogens with zero attached hydrogens (tertiary/aromatic N) is 4. The molecule has 21 heavy (non-hydrogen) atoms. The fraction of sp³-hybridized carbons (Fsp3) is 0.786. The van der Waals surface area contributed by atoms with Gasteiger partial charge in [0.15, 0.2) is 0 Å². The van der Waals surface area contributed by atoms with Crippen molar-refractivity contribution in [3.63, 3.8) is 0 Å². The van der Waals surface area contributed by atoms with Crippen LogP contribution < -0.4 is 21.5 Å². The highest BCUT2D eigenvalue weighted by Gasteiger charge is 2.21. The SMILES string of the molecule is CCCN(CC1CCCCN1)c1nn(C)c(=O)n(C)c1=O. The normalized spacial score (nSPS) is 18.7. The van der Waals surface area contributed by atoms with Gasteiger partial charge in [-0.1, -0.05) is 13.3 Å². The first-order chi connectivity index (χ1) is 10.0. The average molecular weight is 295 g/mol. The lowest BCUT2D eigenvalue weighted by molar-refractivity contribution is 0.396. The largest absolute Gasteiger partial charge is 0.349 e. The van der Waals surface area contributed by atoms with Crippen LogP contribution >= 0.6 is 0 Å². The van der Waals surface area contributed by atoms with Crippen molar-refractivity contribution in [1.82, 2.24) is 19.7 Å².